The van der Waals surface area contributed by atoms with Gasteiger partial charge in [-0.05, 0) is 50.1 Å². The average molecular weight is 406 g/mol. The minimum Gasteiger partial charge on any atom is -0.496 e. The van der Waals surface area contributed by atoms with Gasteiger partial charge in [0, 0.05) is 5.56 Å². The van der Waals surface area contributed by atoms with Crippen LogP contribution in [0.1, 0.15) is 5.56 Å². The fraction of sp³-hybridized carbons (Fsp3) is 0.143. The van der Waals surface area contributed by atoms with Crippen molar-refractivity contribution in [1.82, 2.24) is 0 Å². The minimum atomic E-state index is -0.532. The molecule has 0 radical (unpaired) electrons. The molecule has 0 aliphatic rings. The molecule has 0 fully saturated rings. The lowest BCUT2D eigenvalue weighted by atomic mass is 10.2. The van der Waals surface area contributed by atoms with Gasteiger partial charge in [0.25, 0.3) is 0 Å². The Morgan fingerprint density at radius 3 is 2.45 bits per heavy atom. The van der Waals surface area contributed by atoms with Crippen LogP contribution >= 0.6 is 31.9 Å². The zero-order chi connectivity index (χ0) is 14.7. The van der Waals surface area contributed by atoms with Gasteiger partial charge in [-0.25, -0.2) is 4.39 Å². The van der Waals surface area contributed by atoms with Gasteiger partial charge in [0.05, 0.1) is 22.7 Å². The standard InChI is InChI=1S/C14H11Br2FO3/c1-19-12-5-10(16)13(6-9(12)15)20-14-8(7-18)3-2-4-11(14)17/h2-6,18H,7H2,1H3. The number of halogens is 3. The van der Waals surface area contributed by atoms with Gasteiger partial charge in [-0.15, -0.1) is 0 Å². The molecule has 0 unspecified atom stereocenters. The minimum absolute atomic E-state index is 0.00719. The van der Waals surface area contributed by atoms with Crippen molar-refractivity contribution < 1.29 is 19.0 Å². The van der Waals surface area contributed by atoms with Crippen LogP contribution in [0.4, 0.5) is 4.39 Å². The van der Waals surface area contributed by atoms with E-state index in [-0.39, 0.29) is 12.4 Å². The summed E-state index contributed by atoms with van der Waals surface area (Å²) in [5.41, 5.74) is 0.379. The van der Waals surface area contributed by atoms with E-state index in [1.807, 2.05) is 0 Å². The molecule has 2 rings (SSSR count). The molecular weight excluding hydrogens is 395 g/mol. The fourth-order valence-corrected chi connectivity index (χ4v) is 2.53. The second-order valence-corrected chi connectivity index (χ2v) is 5.61. The summed E-state index contributed by atoms with van der Waals surface area (Å²) in [6.07, 6.45) is 0. The van der Waals surface area contributed by atoms with Crippen molar-refractivity contribution in [3.8, 4) is 17.2 Å². The molecule has 0 aliphatic carbocycles. The molecule has 2 aromatic rings. The number of ether oxygens (including phenoxy) is 2. The number of aliphatic hydroxyl groups excluding tert-OH is 1. The molecule has 106 valence electrons. The van der Waals surface area contributed by atoms with Gasteiger partial charge in [0.1, 0.15) is 11.5 Å². The van der Waals surface area contributed by atoms with E-state index in [4.69, 9.17) is 9.47 Å². The zero-order valence-corrected chi connectivity index (χ0v) is 13.7. The molecule has 0 heterocycles. The molecule has 20 heavy (non-hydrogen) atoms. The van der Waals surface area contributed by atoms with Crippen molar-refractivity contribution in [1.29, 1.82) is 0 Å². The Kier molecular flexibility index (Phi) is 5.01. The van der Waals surface area contributed by atoms with Crippen LogP contribution in [0, 0.1) is 5.82 Å². The number of rotatable bonds is 4. The van der Waals surface area contributed by atoms with Gasteiger partial charge < -0.3 is 14.6 Å². The largest absolute Gasteiger partial charge is 0.496 e. The summed E-state index contributed by atoms with van der Waals surface area (Å²) < 4.78 is 25.8. The van der Waals surface area contributed by atoms with E-state index >= 15 is 0 Å². The van der Waals surface area contributed by atoms with E-state index in [9.17, 15) is 9.50 Å². The van der Waals surface area contributed by atoms with Gasteiger partial charge in [-0.3, -0.25) is 0 Å². The van der Waals surface area contributed by atoms with Crippen molar-refractivity contribution in [2.45, 2.75) is 6.61 Å². The molecule has 0 aliphatic heterocycles. The molecule has 0 saturated heterocycles. The van der Waals surface area contributed by atoms with Crippen LogP contribution in [-0.4, -0.2) is 12.2 Å². The smallest absolute Gasteiger partial charge is 0.168 e. The van der Waals surface area contributed by atoms with Crippen LogP contribution < -0.4 is 9.47 Å². The average Bonchev–Trinajstić information content (AvgIpc) is 2.44. The van der Waals surface area contributed by atoms with Crippen molar-refractivity contribution in [2.75, 3.05) is 7.11 Å². The van der Waals surface area contributed by atoms with Gasteiger partial charge in [-0.2, -0.15) is 0 Å². The van der Waals surface area contributed by atoms with Gasteiger partial charge >= 0.3 is 0 Å². The van der Waals surface area contributed by atoms with E-state index in [1.54, 1.807) is 25.3 Å². The highest BCUT2D eigenvalue weighted by Gasteiger charge is 2.14. The third-order valence-corrected chi connectivity index (χ3v) is 3.88. The molecule has 0 aromatic heterocycles. The second kappa shape index (κ2) is 6.56. The summed E-state index contributed by atoms with van der Waals surface area (Å²) >= 11 is 6.68. The Labute approximate surface area is 132 Å². The lowest BCUT2D eigenvalue weighted by molar-refractivity contribution is 0.274. The highest BCUT2D eigenvalue weighted by Crippen LogP contribution is 2.39. The quantitative estimate of drug-likeness (QED) is 0.804. The molecule has 0 atom stereocenters. The number of benzene rings is 2. The van der Waals surface area contributed by atoms with E-state index < -0.39 is 5.82 Å². The first kappa shape index (κ1) is 15.3. The molecule has 0 spiro atoms. The number of methoxy groups -OCH3 is 1. The van der Waals surface area contributed by atoms with E-state index in [0.717, 1.165) is 0 Å². The molecule has 2 aromatic carbocycles. The molecule has 1 N–H and O–H groups in total. The molecule has 0 saturated carbocycles. The van der Waals surface area contributed by atoms with Crippen LogP contribution in [0.15, 0.2) is 39.3 Å². The maximum absolute atomic E-state index is 13.8. The Bertz CT molecular complexity index is 632. The number of hydrogen-bond donors (Lipinski definition) is 1. The SMILES string of the molecule is COc1cc(Br)c(Oc2c(F)cccc2CO)cc1Br. The first-order chi connectivity index (χ1) is 9.56. The summed E-state index contributed by atoms with van der Waals surface area (Å²) in [7, 11) is 1.55. The lowest BCUT2D eigenvalue weighted by Gasteiger charge is -2.13. The third-order valence-electron chi connectivity index (χ3n) is 2.64. The monoisotopic (exact) mass is 404 g/mol. The zero-order valence-electron chi connectivity index (χ0n) is 10.5. The summed E-state index contributed by atoms with van der Waals surface area (Å²) in [6.45, 7) is -0.304. The van der Waals surface area contributed by atoms with Crippen LogP contribution in [0.3, 0.4) is 0 Å². The predicted molar refractivity (Wildman–Crippen MR) is 80.8 cm³/mol. The topological polar surface area (TPSA) is 38.7 Å². The summed E-state index contributed by atoms with van der Waals surface area (Å²) in [6, 6.07) is 7.77. The summed E-state index contributed by atoms with van der Waals surface area (Å²) in [5.74, 6) is 0.515. The Morgan fingerprint density at radius 1 is 1.15 bits per heavy atom. The van der Waals surface area contributed by atoms with Gasteiger partial charge in [-0.1, -0.05) is 12.1 Å². The Hall–Kier alpha value is -1.11. The van der Waals surface area contributed by atoms with Crippen molar-refractivity contribution in [2.24, 2.45) is 0 Å². The summed E-state index contributed by atoms with van der Waals surface area (Å²) in [5, 5.41) is 9.24. The van der Waals surface area contributed by atoms with Crippen molar-refractivity contribution in [3.63, 3.8) is 0 Å². The van der Waals surface area contributed by atoms with E-state index in [2.05, 4.69) is 31.9 Å². The molecule has 0 amide bonds. The maximum Gasteiger partial charge on any atom is 0.168 e. The van der Waals surface area contributed by atoms with E-state index in [0.29, 0.717) is 26.0 Å². The van der Waals surface area contributed by atoms with Gasteiger partial charge in [0.2, 0.25) is 0 Å². The molecular formula is C14H11Br2FO3. The fourth-order valence-electron chi connectivity index (χ4n) is 1.65. The lowest BCUT2D eigenvalue weighted by Crippen LogP contribution is -1.96. The van der Waals surface area contributed by atoms with Crippen LogP contribution in [0.25, 0.3) is 0 Å². The molecule has 3 nitrogen and oxygen atoms in total. The maximum atomic E-state index is 13.8. The van der Waals surface area contributed by atoms with Crippen LogP contribution in [0.5, 0.6) is 17.2 Å². The summed E-state index contributed by atoms with van der Waals surface area (Å²) in [4.78, 5) is 0. The Balaban J connectivity index is 2.43. The number of hydrogen-bond acceptors (Lipinski definition) is 3. The first-order valence-electron chi connectivity index (χ1n) is 5.66. The Morgan fingerprint density at radius 2 is 1.80 bits per heavy atom. The van der Waals surface area contributed by atoms with Crippen molar-refractivity contribution >= 4 is 31.9 Å². The molecule has 0 bridgehead atoms. The molecule has 6 heteroatoms. The van der Waals surface area contributed by atoms with E-state index in [1.165, 1.54) is 12.1 Å². The number of para-hydroxylation sites is 1. The third kappa shape index (κ3) is 3.13. The van der Waals surface area contributed by atoms with Crippen molar-refractivity contribution in [3.05, 3.63) is 50.7 Å². The van der Waals surface area contributed by atoms with Crippen LogP contribution in [0.2, 0.25) is 0 Å². The highest BCUT2D eigenvalue weighted by molar-refractivity contribution is 9.11. The van der Waals surface area contributed by atoms with Crippen LogP contribution in [-0.2, 0) is 6.61 Å². The predicted octanol–water partition coefficient (Wildman–Crippen LogP) is 4.64. The van der Waals surface area contributed by atoms with Gasteiger partial charge in [0.15, 0.2) is 11.6 Å². The second-order valence-electron chi connectivity index (χ2n) is 3.91. The number of aliphatic hydroxyl groups is 1. The highest BCUT2D eigenvalue weighted by atomic mass is 79.9. The normalized spacial score (nSPS) is 10.4. The first-order valence-corrected chi connectivity index (χ1v) is 7.24.